The number of rotatable bonds is 12. The fourth-order valence-electron chi connectivity index (χ4n) is 5.54. The maximum atomic E-state index is 13.1. The highest BCUT2D eigenvalue weighted by molar-refractivity contribution is 5.95. The van der Waals surface area contributed by atoms with Gasteiger partial charge in [-0.3, -0.25) is 4.79 Å². The van der Waals surface area contributed by atoms with Crippen molar-refractivity contribution in [1.82, 2.24) is 25.6 Å². The topological polar surface area (TPSA) is 124 Å². The van der Waals surface area contributed by atoms with E-state index < -0.39 is 24.0 Å². The van der Waals surface area contributed by atoms with E-state index in [9.17, 15) is 14.4 Å². The number of carbonyl (C=O) groups is 3. The molecule has 1 heterocycles. The van der Waals surface area contributed by atoms with Gasteiger partial charge in [0.25, 0.3) is 5.91 Å². The van der Waals surface area contributed by atoms with Gasteiger partial charge in [0.1, 0.15) is 19.3 Å². The highest BCUT2D eigenvalue weighted by Gasteiger charge is 2.29. The molecule has 5 aromatic rings. The van der Waals surface area contributed by atoms with Crippen LogP contribution in [0.5, 0.6) is 0 Å². The molecule has 10 nitrogen and oxygen atoms in total. The van der Waals surface area contributed by atoms with Gasteiger partial charge in [0.05, 0.1) is 12.7 Å². The Bertz CT molecular complexity index is 1760. The number of alkyl carbamates (subject to hydrolysis) is 1. The first-order valence-electron chi connectivity index (χ1n) is 15.1. The third kappa shape index (κ3) is 7.29. The van der Waals surface area contributed by atoms with Crippen molar-refractivity contribution < 1.29 is 23.9 Å². The maximum absolute atomic E-state index is 13.1. The van der Waals surface area contributed by atoms with Crippen LogP contribution in [0.1, 0.15) is 38.7 Å². The Hall–Kier alpha value is -5.77. The molecule has 0 aliphatic heterocycles. The molecule has 4 aromatic carbocycles. The van der Waals surface area contributed by atoms with Gasteiger partial charge in [0, 0.05) is 18.9 Å². The van der Waals surface area contributed by atoms with Gasteiger partial charge in [0.2, 0.25) is 0 Å². The molecule has 0 radical (unpaired) electrons. The zero-order valence-corrected chi connectivity index (χ0v) is 25.0. The van der Waals surface area contributed by atoms with Crippen LogP contribution in [0.3, 0.4) is 0 Å². The van der Waals surface area contributed by atoms with E-state index in [0.717, 1.165) is 33.4 Å². The van der Waals surface area contributed by atoms with Crippen LogP contribution in [0.4, 0.5) is 4.79 Å². The summed E-state index contributed by atoms with van der Waals surface area (Å²) in [4.78, 5) is 38.6. The van der Waals surface area contributed by atoms with Crippen molar-refractivity contribution >= 4 is 18.0 Å². The predicted octanol–water partition coefficient (Wildman–Crippen LogP) is 4.90. The SMILES string of the molecule is O=C(NCCn1cc(C(=O)NC(Cc2ccccc2)C(=O)OCc2ccccc2)nn1)OCC1c2ccccc2-c2ccccc21. The fraction of sp³-hybridized carbons (Fsp3) is 0.194. The van der Waals surface area contributed by atoms with E-state index in [1.54, 1.807) is 0 Å². The molecule has 1 aromatic heterocycles. The number of esters is 1. The second kappa shape index (κ2) is 14.3. The molecule has 1 aliphatic rings. The molecular weight excluding hydrogens is 582 g/mol. The molecule has 10 heteroatoms. The lowest BCUT2D eigenvalue weighted by atomic mass is 9.98. The molecule has 0 saturated carbocycles. The first kappa shape index (κ1) is 30.3. The van der Waals surface area contributed by atoms with Gasteiger partial charge < -0.3 is 20.1 Å². The van der Waals surface area contributed by atoms with Crippen molar-refractivity contribution in [3.63, 3.8) is 0 Å². The van der Waals surface area contributed by atoms with Gasteiger partial charge in [-0.15, -0.1) is 5.10 Å². The molecule has 46 heavy (non-hydrogen) atoms. The van der Waals surface area contributed by atoms with Crippen LogP contribution in [0.2, 0.25) is 0 Å². The van der Waals surface area contributed by atoms with Gasteiger partial charge in [-0.2, -0.15) is 0 Å². The Morgan fingerprint density at radius 1 is 0.761 bits per heavy atom. The van der Waals surface area contributed by atoms with Crippen LogP contribution in [-0.4, -0.2) is 52.2 Å². The second-order valence-electron chi connectivity index (χ2n) is 10.9. The molecule has 2 N–H and O–H groups in total. The molecule has 0 spiro atoms. The van der Waals surface area contributed by atoms with E-state index in [1.807, 2.05) is 84.9 Å². The Labute approximate surface area is 266 Å². The largest absolute Gasteiger partial charge is 0.459 e. The zero-order chi connectivity index (χ0) is 31.7. The Morgan fingerprint density at radius 3 is 2.04 bits per heavy atom. The summed E-state index contributed by atoms with van der Waals surface area (Å²) >= 11 is 0. The average molecular weight is 616 g/mol. The number of hydrogen-bond donors (Lipinski definition) is 2. The fourth-order valence-corrected chi connectivity index (χ4v) is 5.54. The molecule has 0 fully saturated rings. The van der Waals surface area contributed by atoms with Crippen molar-refractivity contribution in [1.29, 1.82) is 0 Å². The summed E-state index contributed by atoms with van der Waals surface area (Å²) in [6, 6.07) is 34.1. The summed E-state index contributed by atoms with van der Waals surface area (Å²) in [7, 11) is 0. The monoisotopic (exact) mass is 615 g/mol. The van der Waals surface area contributed by atoms with Crippen LogP contribution >= 0.6 is 0 Å². The molecule has 1 aliphatic carbocycles. The summed E-state index contributed by atoms with van der Waals surface area (Å²) in [6.07, 6.45) is 1.17. The molecule has 0 bridgehead atoms. The standard InChI is InChI=1S/C36H33N5O5/c42-34(38-32(21-25-11-3-1-4-12-25)35(43)45-23-26-13-5-2-6-14-26)33-22-41(40-39-33)20-19-37-36(44)46-24-31-29-17-9-7-15-27(29)28-16-8-10-18-30(28)31/h1-18,22,31-32H,19-21,23-24H2,(H,37,44)(H,38,42). The number of ether oxygens (including phenoxy) is 2. The maximum Gasteiger partial charge on any atom is 0.407 e. The van der Waals surface area contributed by atoms with E-state index in [4.69, 9.17) is 9.47 Å². The van der Waals surface area contributed by atoms with Crippen molar-refractivity contribution in [3.8, 4) is 11.1 Å². The predicted molar refractivity (Wildman–Crippen MR) is 171 cm³/mol. The number of benzene rings is 4. The normalized spacial score (nSPS) is 12.4. The van der Waals surface area contributed by atoms with E-state index in [2.05, 4.69) is 45.2 Å². The smallest absolute Gasteiger partial charge is 0.407 e. The molecular formula is C36H33N5O5. The van der Waals surface area contributed by atoms with Gasteiger partial charge in [-0.05, 0) is 33.4 Å². The van der Waals surface area contributed by atoms with Crippen LogP contribution in [-0.2, 0) is 33.8 Å². The highest BCUT2D eigenvalue weighted by atomic mass is 16.5. The summed E-state index contributed by atoms with van der Waals surface area (Å²) in [6.45, 7) is 0.777. The second-order valence-corrected chi connectivity index (χ2v) is 10.9. The van der Waals surface area contributed by atoms with Crippen molar-refractivity contribution in [3.05, 3.63) is 143 Å². The lowest BCUT2D eigenvalue weighted by Gasteiger charge is -2.17. The molecule has 0 saturated heterocycles. The summed E-state index contributed by atoms with van der Waals surface area (Å²) in [5.41, 5.74) is 6.35. The minimum absolute atomic E-state index is 0.0316. The minimum Gasteiger partial charge on any atom is -0.459 e. The molecule has 1 unspecified atom stereocenters. The summed E-state index contributed by atoms with van der Waals surface area (Å²) in [5, 5.41) is 13.4. The zero-order valence-electron chi connectivity index (χ0n) is 25.0. The molecule has 2 amide bonds. The highest BCUT2D eigenvalue weighted by Crippen LogP contribution is 2.44. The number of aromatic nitrogens is 3. The lowest BCUT2D eigenvalue weighted by molar-refractivity contribution is -0.147. The van der Waals surface area contributed by atoms with Crippen molar-refractivity contribution in [2.45, 2.75) is 31.5 Å². The number of fused-ring (bicyclic) bond motifs is 3. The van der Waals surface area contributed by atoms with Gasteiger partial charge in [0.15, 0.2) is 5.69 Å². The van der Waals surface area contributed by atoms with E-state index in [-0.39, 0.29) is 44.3 Å². The number of hydrogen-bond acceptors (Lipinski definition) is 7. The minimum atomic E-state index is -0.931. The first-order chi connectivity index (χ1) is 22.5. The Balaban J connectivity index is 0.998. The van der Waals surface area contributed by atoms with E-state index >= 15 is 0 Å². The third-order valence-electron chi connectivity index (χ3n) is 7.82. The van der Waals surface area contributed by atoms with Gasteiger partial charge in [-0.1, -0.05) is 114 Å². The molecule has 232 valence electrons. The number of amides is 2. The molecule has 6 rings (SSSR count). The van der Waals surface area contributed by atoms with Crippen molar-refractivity contribution in [2.24, 2.45) is 0 Å². The number of carbonyl (C=O) groups excluding carboxylic acids is 3. The van der Waals surface area contributed by atoms with E-state index in [1.165, 1.54) is 10.9 Å². The van der Waals surface area contributed by atoms with Gasteiger partial charge in [-0.25, -0.2) is 14.3 Å². The van der Waals surface area contributed by atoms with Crippen LogP contribution in [0.25, 0.3) is 11.1 Å². The van der Waals surface area contributed by atoms with Crippen molar-refractivity contribution in [2.75, 3.05) is 13.2 Å². The van der Waals surface area contributed by atoms with Gasteiger partial charge >= 0.3 is 12.1 Å². The van der Waals surface area contributed by atoms with Crippen LogP contribution in [0.15, 0.2) is 115 Å². The first-order valence-corrected chi connectivity index (χ1v) is 15.1. The lowest BCUT2D eigenvalue weighted by Crippen LogP contribution is -2.43. The molecule has 1 atom stereocenters. The van der Waals surface area contributed by atoms with E-state index in [0.29, 0.717) is 0 Å². The Morgan fingerprint density at radius 2 is 1.37 bits per heavy atom. The average Bonchev–Trinajstić information content (AvgIpc) is 3.70. The summed E-state index contributed by atoms with van der Waals surface area (Å²) < 4.78 is 12.5. The Kier molecular flexibility index (Phi) is 9.44. The third-order valence-corrected chi connectivity index (χ3v) is 7.82. The quantitative estimate of drug-likeness (QED) is 0.191. The number of nitrogens with zero attached hydrogens (tertiary/aromatic N) is 3. The van der Waals surface area contributed by atoms with Crippen LogP contribution in [0, 0.1) is 0 Å². The number of nitrogens with one attached hydrogen (secondary N) is 2. The van der Waals surface area contributed by atoms with Crippen LogP contribution < -0.4 is 10.6 Å². The summed E-state index contributed by atoms with van der Waals surface area (Å²) in [5.74, 6) is -1.15.